The minimum Gasteiger partial charge on any atom is -0.481 e. The SMILES string of the molecule is O=[N+]([O-])c1cccc(Br)c1OCc1ccc(Br)cc1F. The van der Waals surface area contributed by atoms with E-state index in [-0.39, 0.29) is 18.0 Å². The molecule has 104 valence electrons. The van der Waals surface area contributed by atoms with Gasteiger partial charge < -0.3 is 4.74 Å². The molecule has 0 bridgehead atoms. The van der Waals surface area contributed by atoms with Gasteiger partial charge in [-0.25, -0.2) is 4.39 Å². The predicted octanol–water partition coefficient (Wildman–Crippen LogP) is 4.84. The molecular formula is C13H8Br2FNO3. The van der Waals surface area contributed by atoms with Crippen LogP contribution < -0.4 is 4.74 Å². The molecule has 0 amide bonds. The van der Waals surface area contributed by atoms with Gasteiger partial charge in [-0.1, -0.05) is 28.1 Å². The third-order valence-electron chi connectivity index (χ3n) is 2.53. The molecule has 0 saturated carbocycles. The van der Waals surface area contributed by atoms with Crippen LogP contribution in [0.3, 0.4) is 0 Å². The monoisotopic (exact) mass is 403 g/mol. The van der Waals surface area contributed by atoms with E-state index < -0.39 is 10.7 Å². The average molecular weight is 405 g/mol. The van der Waals surface area contributed by atoms with Crippen molar-refractivity contribution in [3.8, 4) is 5.75 Å². The topological polar surface area (TPSA) is 52.4 Å². The fourth-order valence-electron chi connectivity index (χ4n) is 1.57. The predicted molar refractivity (Wildman–Crippen MR) is 79.2 cm³/mol. The summed E-state index contributed by atoms with van der Waals surface area (Å²) < 4.78 is 20.1. The number of hydrogen-bond acceptors (Lipinski definition) is 3. The Balaban J connectivity index is 2.25. The summed E-state index contributed by atoms with van der Waals surface area (Å²) in [6.07, 6.45) is 0. The maximum absolute atomic E-state index is 13.7. The lowest BCUT2D eigenvalue weighted by Crippen LogP contribution is -2.01. The van der Waals surface area contributed by atoms with Crippen molar-refractivity contribution < 1.29 is 14.1 Å². The molecule has 0 fully saturated rings. The summed E-state index contributed by atoms with van der Waals surface area (Å²) in [5, 5.41) is 10.9. The van der Waals surface area contributed by atoms with E-state index >= 15 is 0 Å². The van der Waals surface area contributed by atoms with E-state index in [0.29, 0.717) is 14.5 Å². The second-order valence-electron chi connectivity index (χ2n) is 3.87. The number of benzene rings is 2. The normalized spacial score (nSPS) is 10.3. The summed E-state index contributed by atoms with van der Waals surface area (Å²) in [6, 6.07) is 9.04. The van der Waals surface area contributed by atoms with Crippen LogP contribution >= 0.6 is 31.9 Å². The minimum atomic E-state index is -0.544. The van der Waals surface area contributed by atoms with Gasteiger partial charge in [0.15, 0.2) is 0 Å². The van der Waals surface area contributed by atoms with Crippen LogP contribution in [-0.4, -0.2) is 4.92 Å². The summed E-state index contributed by atoms with van der Waals surface area (Å²) in [5.74, 6) is -0.353. The number of ether oxygens (including phenoxy) is 1. The molecule has 0 atom stereocenters. The highest BCUT2D eigenvalue weighted by atomic mass is 79.9. The standard InChI is InChI=1S/C13H8Br2FNO3/c14-9-5-4-8(11(16)6-9)7-20-13-10(15)2-1-3-12(13)17(18)19/h1-6H,7H2. The third-order valence-corrected chi connectivity index (χ3v) is 3.65. The molecule has 7 heteroatoms. The van der Waals surface area contributed by atoms with E-state index in [1.54, 1.807) is 18.2 Å². The first-order chi connectivity index (χ1) is 9.49. The van der Waals surface area contributed by atoms with E-state index in [1.807, 2.05) is 0 Å². The zero-order valence-electron chi connectivity index (χ0n) is 9.98. The zero-order valence-corrected chi connectivity index (χ0v) is 13.1. The summed E-state index contributed by atoms with van der Waals surface area (Å²) in [7, 11) is 0. The number of halogens is 3. The molecule has 2 aromatic carbocycles. The molecule has 0 aliphatic carbocycles. The fourth-order valence-corrected chi connectivity index (χ4v) is 2.38. The second-order valence-corrected chi connectivity index (χ2v) is 5.64. The van der Waals surface area contributed by atoms with Crippen LogP contribution in [0.1, 0.15) is 5.56 Å². The Bertz CT molecular complexity index is 664. The van der Waals surface area contributed by atoms with Gasteiger partial charge in [-0.15, -0.1) is 0 Å². The van der Waals surface area contributed by atoms with Gasteiger partial charge >= 0.3 is 5.69 Å². The van der Waals surface area contributed by atoms with E-state index in [0.717, 1.165) is 0 Å². The van der Waals surface area contributed by atoms with Crippen molar-refractivity contribution in [1.29, 1.82) is 0 Å². The number of rotatable bonds is 4. The number of nitrogens with zero attached hydrogens (tertiary/aromatic N) is 1. The summed E-state index contributed by atoms with van der Waals surface area (Å²) in [4.78, 5) is 10.4. The van der Waals surface area contributed by atoms with Crippen molar-refractivity contribution in [2.24, 2.45) is 0 Å². The molecule has 20 heavy (non-hydrogen) atoms. The van der Waals surface area contributed by atoms with E-state index in [1.165, 1.54) is 18.2 Å². The Morgan fingerprint density at radius 2 is 2.00 bits per heavy atom. The first-order valence-electron chi connectivity index (χ1n) is 5.48. The van der Waals surface area contributed by atoms with E-state index in [2.05, 4.69) is 31.9 Å². The largest absolute Gasteiger partial charge is 0.481 e. The van der Waals surface area contributed by atoms with Crippen LogP contribution in [0.5, 0.6) is 5.75 Å². The molecular weight excluding hydrogens is 397 g/mol. The summed E-state index contributed by atoms with van der Waals surface area (Å²) in [6.45, 7) is -0.0947. The van der Waals surface area contributed by atoms with Crippen LogP contribution in [0.4, 0.5) is 10.1 Å². The number of nitro benzene ring substituents is 1. The van der Waals surface area contributed by atoms with Gasteiger partial charge in [-0.05, 0) is 34.1 Å². The maximum Gasteiger partial charge on any atom is 0.312 e. The van der Waals surface area contributed by atoms with E-state index in [4.69, 9.17) is 4.74 Å². The van der Waals surface area contributed by atoms with Gasteiger partial charge in [0.25, 0.3) is 0 Å². The minimum absolute atomic E-state index is 0.0832. The Morgan fingerprint density at radius 1 is 1.25 bits per heavy atom. The van der Waals surface area contributed by atoms with Crippen LogP contribution in [-0.2, 0) is 6.61 Å². The van der Waals surface area contributed by atoms with Crippen molar-refractivity contribution >= 4 is 37.5 Å². The Labute approximate surface area is 131 Å². The van der Waals surface area contributed by atoms with Crippen LogP contribution in [0, 0.1) is 15.9 Å². The molecule has 0 heterocycles. The molecule has 0 aliphatic heterocycles. The summed E-state index contributed by atoms with van der Waals surface area (Å²) in [5.41, 5.74) is 0.148. The Hall–Kier alpha value is -1.47. The number of nitro groups is 1. The molecule has 0 radical (unpaired) electrons. The van der Waals surface area contributed by atoms with E-state index in [9.17, 15) is 14.5 Å². The maximum atomic E-state index is 13.7. The molecule has 0 aromatic heterocycles. The van der Waals surface area contributed by atoms with Crippen molar-refractivity contribution in [3.63, 3.8) is 0 Å². The van der Waals surface area contributed by atoms with Crippen LogP contribution in [0.25, 0.3) is 0 Å². The van der Waals surface area contributed by atoms with Gasteiger partial charge in [-0.3, -0.25) is 10.1 Å². The molecule has 0 N–H and O–H groups in total. The molecule has 0 unspecified atom stereocenters. The van der Waals surface area contributed by atoms with Crippen molar-refractivity contribution in [2.45, 2.75) is 6.61 Å². The lowest BCUT2D eigenvalue weighted by Gasteiger charge is -2.09. The van der Waals surface area contributed by atoms with Crippen molar-refractivity contribution in [1.82, 2.24) is 0 Å². The number of para-hydroxylation sites is 1. The highest BCUT2D eigenvalue weighted by Gasteiger charge is 2.18. The molecule has 2 rings (SSSR count). The molecule has 2 aromatic rings. The highest BCUT2D eigenvalue weighted by Crippen LogP contribution is 2.35. The molecule has 0 spiro atoms. The quantitative estimate of drug-likeness (QED) is 0.541. The third kappa shape index (κ3) is 3.34. The molecule has 0 saturated heterocycles. The molecule has 0 aliphatic rings. The summed E-state index contributed by atoms with van der Waals surface area (Å²) >= 11 is 6.35. The van der Waals surface area contributed by atoms with Gasteiger partial charge in [0.2, 0.25) is 5.75 Å². The van der Waals surface area contributed by atoms with Crippen LogP contribution in [0.2, 0.25) is 0 Å². The number of hydrogen-bond donors (Lipinski definition) is 0. The lowest BCUT2D eigenvalue weighted by atomic mass is 10.2. The Morgan fingerprint density at radius 3 is 2.65 bits per heavy atom. The van der Waals surface area contributed by atoms with Crippen LogP contribution in [0.15, 0.2) is 45.3 Å². The van der Waals surface area contributed by atoms with Gasteiger partial charge in [0.05, 0.1) is 9.40 Å². The average Bonchev–Trinajstić information content (AvgIpc) is 2.38. The fraction of sp³-hybridized carbons (Fsp3) is 0.0769. The van der Waals surface area contributed by atoms with Gasteiger partial charge in [-0.2, -0.15) is 0 Å². The highest BCUT2D eigenvalue weighted by molar-refractivity contribution is 9.10. The zero-order chi connectivity index (χ0) is 14.7. The van der Waals surface area contributed by atoms with Gasteiger partial charge in [0, 0.05) is 16.1 Å². The first-order valence-corrected chi connectivity index (χ1v) is 7.07. The van der Waals surface area contributed by atoms with Crippen molar-refractivity contribution in [2.75, 3.05) is 0 Å². The molecule has 4 nitrogen and oxygen atoms in total. The smallest absolute Gasteiger partial charge is 0.312 e. The first kappa shape index (κ1) is 14.9. The Kier molecular flexibility index (Phi) is 4.72. The second kappa shape index (κ2) is 6.32. The lowest BCUT2D eigenvalue weighted by molar-refractivity contribution is -0.386. The van der Waals surface area contributed by atoms with Gasteiger partial charge in [0.1, 0.15) is 12.4 Å². The van der Waals surface area contributed by atoms with Crippen molar-refractivity contribution in [3.05, 3.63) is 66.8 Å².